The number of amides is 1. The Hall–Kier alpha value is -1.67. The first-order chi connectivity index (χ1) is 8.42. The summed E-state index contributed by atoms with van der Waals surface area (Å²) in [5.74, 6) is -2.62. The molecule has 0 heterocycles. The maximum Gasteiger partial charge on any atom is 0.332 e. The van der Waals surface area contributed by atoms with E-state index < -0.39 is 30.0 Å². The minimum Gasteiger partial charge on any atom is -0.481 e. The van der Waals surface area contributed by atoms with Gasteiger partial charge in [0.05, 0.1) is 19.1 Å². The van der Waals surface area contributed by atoms with Gasteiger partial charge in [0.1, 0.15) is 0 Å². The standard InChI is InChI=1S/C10H18N2O6/c1-3-18-10(16)8(11)9(15)12-5-6(17-2)4-7(13)14/h6,8H,3-5,11H2,1-2H3,(H,12,15)(H,13,14). The van der Waals surface area contributed by atoms with Crippen LogP contribution in [0.15, 0.2) is 0 Å². The second-order valence-corrected chi connectivity index (χ2v) is 3.43. The van der Waals surface area contributed by atoms with Crippen LogP contribution in [-0.4, -0.2) is 55.4 Å². The number of esters is 1. The van der Waals surface area contributed by atoms with Crippen LogP contribution >= 0.6 is 0 Å². The SMILES string of the molecule is CCOC(=O)C(N)C(=O)NCC(CC(=O)O)OC. The van der Waals surface area contributed by atoms with Gasteiger partial charge in [-0.15, -0.1) is 0 Å². The van der Waals surface area contributed by atoms with E-state index in [9.17, 15) is 14.4 Å². The van der Waals surface area contributed by atoms with Crippen LogP contribution in [0.5, 0.6) is 0 Å². The minimum absolute atomic E-state index is 0.0469. The van der Waals surface area contributed by atoms with Crippen LogP contribution in [0.25, 0.3) is 0 Å². The van der Waals surface area contributed by atoms with E-state index in [1.54, 1.807) is 6.92 Å². The van der Waals surface area contributed by atoms with E-state index in [4.69, 9.17) is 15.6 Å². The van der Waals surface area contributed by atoms with E-state index in [0.717, 1.165) is 0 Å². The average molecular weight is 262 g/mol. The fourth-order valence-corrected chi connectivity index (χ4v) is 1.10. The number of carbonyl (C=O) groups is 3. The maximum atomic E-state index is 11.4. The van der Waals surface area contributed by atoms with Gasteiger partial charge in [-0.25, -0.2) is 4.79 Å². The van der Waals surface area contributed by atoms with E-state index in [2.05, 4.69) is 10.1 Å². The summed E-state index contributed by atoms with van der Waals surface area (Å²) in [4.78, 5) is 33.0. The molecule has 0 saturated heterocycles. The van der Waals surface area contributed by atoms with Gasteiger partial charge in [-0.05, 0) is 6.92 Å². The zero-order chi connectivity index (χ0) is 14.1. The van der Waals surface area contributed by atoms with Crippen molar-refractivity contribution in [3.63, 3.8) is 0 Å². The molecule has 0 aromatic heterocycles. The topological polar surface area (TPSA) is 128 Å². The summed E-state index contributed by atoms with van der Waals surface area (Å²) in [5.41, 5.74) is 5.33. The Morgan fingerprint density at radius 1 is 1.39 bits per heavy atom. The average Bonchev–Trinajstić information content (AvgIpc) is 2.32. The lowest BCUT2D eigenvalue weighted by Crippen LogP contribution is -2.48. The highest BCUT2D eigenvalue weighted by Gasteiger charge is 2.24. The predicted octanol–water partition coefficient (Wildman–Crippen LogP) is -1.52. The number of nitrogens with two attached hydrogens (primary N) is 1. The van der Waals surface area contributed by atoms with Crippen molar-refractivity contribution in [2.75, 3.05) is 20.3 Å². The van der Waals surface area contributed by atoms with Crippen LogP contribution in [0.2, 0.25) is 0 Å². The van der Waals surface area contributed by atoms with Gasteiger partial charge in [0.25, 0.3) is 0 Å². The third-order valence-electron chi connectivity index (χ3n) is 2.06. The molecule has 0 aliphatic heterocycles. The minimum atomic E-state index is -1.42. The van der Waals surface area contributed by atoms with Crippen molar-refractivity contribution in [1.29, 1.82) is 0 Å². The van der Waals surface area contributed by atoms with E-state index in [0.29, 0.717) is 0 Å². The molecule has 104 valence electrons. The summed E-state index contributed by atoms with van der Waals surface area (Å²) in [6.45, 7) is 1.67. The first kappa shape index (κ1) is 16.3. The monoisotopic (exact) mass is 262 g/mol. The summed E-state index contributed by atoms with van der Waals surface area (Å²) in [5, 5.41) is 10.9. The second kappa shape index (κ2) is 8.43. The third kappa shape index (κ3) is 6.16. The molecule has 1 amide bonds. The Morgan fingerprint density at radius 2 is 2.00 bits per heavy atom. The molecule has 18 heavy (non-hydrogen) atoms. The Morgan fingerprint density at radius 3 is 2.44 bits per heavy atom. The Balaban J connectivity index is 4.14. The lowest BCUT2D eigenvalue weighted by molar-refractivity contribution is -0.148. The molecule has 0 aromatic carbocycles. The molecule has 0 aliphatic rings. The number of carbonyl (C=O) groups excluding carboxylic acids is 2. The molecular weight excluding hydrogens is 244 g/mol. The van der Waals surface area contributed by atoms with Gasteiger partial charge in [-0.1, -0.05) is 0 Å². The largest absolute Gasteiger partial charge is 0.481 e. The highest BCUT2D eigenvalue weighted by Crippen LogP contribution is 1.96. The van der Waals surface area contributed by atoms with Gasteiger partial charge in [0.2, 0.25) is 5.91 Å². The highest BCUT2D eigenvalue weighted by atomic mass is 16.5. The normalized spacial score (nSPS) is 13.5. The molecular formula is C10H18N2O6. The summed E-state index contributed by atoms with van der Waals surface area (Å²) < 4.78 is 9.42. The van der Waals surface area contributed by atoms with Crippen molar-refractivity contribution in [2.45, 2.75) is 25.5 Å². The molecule has 0 fully saturated rings. The van der Waals surface area contributed by atoms with E-state index in [1.165, 1.54) is 7.11 Å². The Kier molecular flexibility index (Phi) is 7.64. The van der Waals surface area contributed by atoms with Crippen LogP contribution in [0.4, 0.5) is 0 Å². The maximum absolute atomic E-state index is 11.4. The van der Waals surface area contributed by atoms with Crippen molar-refractivity contribution in [1.82, 2.24) is 5.32 Å². The number of rotatable bonds is 8. The molecule has 0 saturated carbocycles. The summed E-state index contributed by atoms with van der Waals surface area (Å²) in [6.07, 6.45) is -0.938. The van der Waals surface area contributed by atoms with Gasteiger partial charge in [-0.3, -0.25) is 9.59 Å². The highest BCUT2D eigenvalue weighted by molar-refractivity contribution is 6.01. The lowest BCUT2D eigenvalue weighted by atomic mass is 10.2. The third-order valence-corrected chi connectivity index (χ3v) is 2.06. The quantitative estimate of drug-likeness (QED) is 0.358. The zero-order valence-corrected chi connectivity index (χ0v) is 10.3. The number of hydrogen-bond acceptors (Lipinski definition) is 6. The lowest BCUT2D eigenvalue weighted by Gasteiger charge is -2.16. The predicted molar refractivity (Wildman–Crippen MR) is 60.7 cm³/mol. The van der Waals surface area contributed by atoms with Crippen LogP contribution in [0.3, 0.4) is 0 Å². The van der Waals surface area contributed by atoms with Gasteiger partial charge in [-0.2, -0.15) is 0 Å². The van der Waals surface area contributed by atoms with Gasteiger partial charge < -0.3 is 25.6 Å². The number of nitrogens with one attached hydrogen (secondary N) is 1. The molecule has 0 bridgehead atoms. The van der Waals surface area contributed by atoms with Crippen molar-refractivity contribution in [2.24, 2.45) is 5.73 Å². The van der Waals surface area contributed by atoms with Gasteiger partial charge in [0, 0.05) is 13.7 Å². The van der Waals surface area contributed by atoms with Gasteiger partial charge >= 0.3 is 11.9 Å². The Labute approximate surface area is 104 Å². The van der Waals surface area contributed by atoms with Crippen molar-refractivity contribution < 1.29 is 29.0 Å². The molecule has 2 unspecified atom stereocenters. The van der Waals surface area contributed by atoms with Crippen molar-refractivity contribution >= 4 is 17.8 Å². The second-order valence-electron chi connectivity index (χ2n) is 3.43. The fraction of sp³-hybridized carbons (Fsp3) is 0.700. The van der Waals surface area contributed by atoms with Crippen LogP contribution in [-0.2, 0) is 23.9 Å². The molecule has 0 rings (SSSR count). The van der Waals surface area contributed by atoms with E-state index in [1.807, 2.05) is 0 Å². The fourth-order valence-electron chi connectivity index (χ4n) is 1.10. The van der Waals surface area contributed by atoms with E-state index in [-0.39, 0.29) is 19.6 Å². The molecule has 0 spiro atoms. The zero-order valence-electron chi connectivity index (χ0n) is 10.3. The number of ether oxygens (including phenoxy) is 2. The first-order valence-electron chi connectivity index (χ1n) is 5.36. The molecule has 8 heteroatoms. The van der Waals surface area contributed by atoms with Crippen LogP contribution in [0, 0.1) is 0 Å². The summed E-state index contributed by atoms with van der Waals surface area (Å²) in [7, 11) is 1.32. The van der Waals surface area contributed by atoms with Gasteiger partial charge in [0.15, 0.2) is 6.04 Å². The number of hydrogen-bond donors (Lipinski definition) is 3. The number of aliphatic carboxylic acids is 1. The molecule has 0 aliphatic carbocycles. The summed E-state index contributed by atoms with van der Waals surface area (Å²) in [6, 6.07) is -1.42. The van der Waals surface area contributed by atoms with Crippen LogP contribution in [0.1, 0.15) is 13.3 Å². The van der Waals surface area contributed by atoms with Crippen LogP contribution < -0.4 is 11.1 Å². The molecule has 0 aromatic rings. The number of methoxy groups -OCH3 is 1. The summed E-state index contributed by atoms with van der Waals surface area (Å²) >= 11 is 0. The van der Waals surface area contributed by atoms with Crippen molar-refractivity contribution in [3.05, 3.63) is 0 Å². The first-order valence-corrected chi connectivity index (χ1v) is 5.36. The number of carboxylic acids is 1. The van der Waals surface area contributed by atoms with Crippen molar-refractivity contribution in [3.8, 4) is 0 Å². The molecule has 0 radical (unpaired) electrons. The van der Waals surface area contributed by atoms with E-state index >= 15 is 0 Å². The smallest absolute Gasteiger partial charge is 0.332 e. The number of carboxylic acid groups (broad SMARTS) is 1. The Bertz CT molecular complexity index is 307. The molecule has 2 atom stereocenters. The molecule has 8 nitrogen and oxygen atoms in total. The molecule has 4 N–H and O–H groups in total.